The number of rotatable bonds is 18. The minimum absolute atomic E-state index is 0.00632. The Labute approximate surface area is 391 Å². The number of halogens is 5. The molecule has 330 valence electrons. The number of para-hydroxylation sites is 2. The van der Waals surface area contributed by atoms with Gasteiger partial charge in [-0.1, -0.05) is 71.2 Å². The average molecular weight is 967 g/mol. The third-order valence-corrected chi connectivity index (χ3v) is 10.2. The number of carbonyl (C=O) groups is 6. The number of hydrogen-bond donors (Lipinski definition) is 4. The topological polar surface area (TPSA) is 209 Å². The van der Waals surface area contributed by atoms with Crippen LogP contribution in [0.2, 0.25) is 10.0 Å². The molecule has 0 radical (unpaired) electrons. The lowest BCUT2D eigenvalue weighted by Crippen LogP contribution is -2.32. The minimum Gasteiger partial charge on any atom is -0.473 e. The van der Waals surface area contributed by atoms with Crippen LogP contribution in [0.5, 0.6) is 5.75 Å². The summed E-state index contributed by atoms with van der Waals surface area (Å²) in [5.41, 5.74) is 1.96. The molecule has 0 aliphatic carbocycles. The Balaban J connectivity index is 1.30. The molecule has 0 aliphatic rings. The first-order valence-corrected chi connectivity index (χ1v) is 21.2. The minimum atomic E-state index is -1.68. The number of amides is 4. The molecule has 3 atom stereocenters. The maximum Gasteiger partial charge on any atom is 0.258 e. The van der Waals surface area contributed by atoms with E-state index in [1.807, 2.05) is 0 Å². The first kappa shape index (κ1) is 48.8. The van der Waals surface area contributed by atoms with E-state index in [0.29, 0.717) is 22.5 Å². The molecule has 4 amide bonds. The van der Waals surface area contributed by atoms with Crippen molar-refractivity contribution in [1.82, 2.24) is 0 Å². The fraction of sp³-hybridized carbons (Fsp3) is 0.182. The van der Waals surface area contributed by atoms with Crippen molar-refractivity contribution in [1.29, 1.82) is 0 Å². The molecule has 15 nitrogen and oxygen atoms in total. The highest BCUT2D eigenvalue weighted by Crippen LogP contribution is 2.32. The van der Waals surface area contributed by atoms with E-state index < -0.39 is 52.8 Å². The van der Waals surface area contributed by atoms with E-state index in [1.165, 1.54) is 61.5 Å². The number of azo groups is 2. The van der Waals surface area contributed by atoms with Crippen LogP contribution in [0.4, 0.5) is 34.1 Å². The van der Waals surface area contributed by atoms with Gasteiger partial charge in [0.25, 0.3) is 23.6 Å². The van der Waals surface area contributed by atoms with Gasteiger partial charge in [0, 0.05) is 46.0 Å². The second-order valence-corrected chi connectivity index (χ2v) is 15.6. The van der Waals surface area contributed by atoms with Crippen LogP contribution in [0.15, 0.2) is 124 Å². The van der Waals surface area contributed by atoms with Gasteiger partial charge in [0.05, 0.1) is 15.7 Å². The zero-order valence-corrected chi connectivity index (χ0v) is 37.8. The predicted molar refractivity (Wildman–Crippen MR) is 248 cm³/mol. The largest absolute Gasteiger partial charge is 0.473 e. The van der Waals surface area contributed by atoms with Gasteiger partial charge in [-0.3, -0.25) is 28.8 Å². The number of anilines is 4. The number of ketones is 2. The van der Waals surface area contributed by atoms with Gasteiger partial charge < -0.3 is 26.0 Å². The molecular weight excluding hydrogens is 930 g/mol. The van der Waals surface area contributed by atoms with Crippen molar-refractivity contribution in [2.75, 3.05) is 21.3 Å². The van der Waals surface area contributed by atoms with Crippen molar-refractivity contribution in [3.63, 3.8) is 0 Å². The van der Waals surface area contributed by atoms with Crippen LogP contribution < -0.4 is 26.0 Å². The number of nitrogens with zero attached hydrogens (tertiary/aromatic N) is 4. The molecule has 0 bridgehead atoms. The highest BCUT2D eigenvalue weighted by atomic mass is 35.5. The molecule has 5 rings (SSSR count). The predicted octanol–water partition coefficient (Wildman–Crippen LogP) is 11.3. The van der Waals surface area contributed by atoms with Crippen LogP contribution in [-0.2, 0) is 30.9 Å². The Morgan fingerprint density at radius 3 is 1.47 bits per heavy atom. The van der Waals surface area contributed by atoms with Crippen molar-refractivity contribution in [3.05, 3.63) is 135 Å². The Morgan fingerprint density at radius 1 is 0.578 bits per heavy atom. The highest BCUT2D eigenvalue weighted by molar-refractivity contribution is 6.33. The van der Waals surface area contributed by atoms with Crippen molar-refractivity contribution < 1.29 is 33.5 Å². The second kappa shape index (κ2) is 22.9. The van der Waals surface area contributed by atoms with Crippen LogP contribution in [0, 0.1) is 0 Å². The third-order valence-electron chi connectivity index (χ3n) is 8.86. The van der Waals surface area contributed by atoms with Crippen molar-refractivity contribution in [3.8, 4) is 5.75 Å². The van der Waals surface area contributed by atoms with E-state index in [4.69, 9.17) is 62.7 Å². The van der Waals surface area contributed by atoms with E-state index in [-0.39, 0.29) is 61.4 Å². The normalized spacial score (nSPS) is 12.6. The molecule has 20 heteroatoms. The molecule has 0 saturated carbocycles. The number of benzene rings is 5. The van der Waals surface area contributed by atoms with E-state index in [1.54, 1.807) is 48.5 Å². The lowest BCUT2D eigenvalue weighted by Gasteiger charge is -2.17. The number of nitrogens with one attached hydrogen (secondary N) is 4. The molecule has 0 aliphatic heterocycles. The molecule has 0 aromatic heterocycles. The number of alkyl halides is 3. The van der Waals surface area contributed by atoms with Gasteiger partial charge in [-0.25, -0.2) is 0 Å². The zero-order chi connectivity index (χ0) is 46.5. The Kier molecular flexibility index (Phi) is 17.5. The number of Topliss-reactive ketones (excluding diaryl/α,β-unsaturated/α-hetero) is 2. The van der Waals surface area contributed by atoms with Crippen molar-refractivity contribution >= 4 is 127 Å². The smallest absolute Gasteiger partial charge is 0.258 e. The molecule has 0 saturated heterocycles. The van der Waals surface area contributed by atoms with Crippen molar-refractivity contribution in [2.24, 2.45) is 20.5 Å². The number of hydrogen-bond acceptors (Lipinski definition) is 11. The fourth-order valence-corrected chi connectivity index (χ4v) is 6.50. The molecule has 0 fully saturated rings. The average Bonchev–Trinajstić information content (AvgIpc) is 3.25. The summed E-state index contributed by atoms with van der Waals surface area (Å²) >= 11 is 30.8. The Hall–Kier alpha value is -6.23. The third kappa shape index (κ3) is 13.2. The number of ether oxygens (including phenoxy) is 1. The van der Waals surface area contributed by atoms with Gasteiger partial charge in [-0.2, -0.15) is 20.5 Å². The summed E-state index contributed by atoms with van der Waals surface area (Å²) in [6.07, 6.45) is 0. The van der Waals surface area contributed by atoms with E-state index in [0.717, 1.165) is 13.8 Å². The zero-order valence-electron chi connectivity index (χ0n) is 34.0. The monoisotopic (exact) mass is 964 g/mol. The second-order valence-electron chi connectivity index (χ2n) is 13.6. The van der Waals surface area contributed by atoms with Gasteiger partial charge >= 0.3 is 0 Å². The fourth-order valence-electron chi connectivity index (χ4n) is 5.63. The molecular formula is C44H37Cl5N8O7. The summed E-state index contributed by atoms with van der Waals surface area (Å²) in [5.74, 6) is -3.84. The molecule has 3 unspecified atom stereocenters. The van der Waals surface area contributed by atoms with E-state index in [2.05, 4.69) is 41.7 Å². The summed E-state index contributed by atoms with van der Waals surface area (Å²) in [4.78, 5) is 78.3. The van der Waals surface area contributed by atoms with Crippen LogP contribution in [0.1, 0.15) is 52.6 Å². The molecule has 5 aromatic carbocycles. The summed E-state index contributed by atoms with van der Waals surface area (Å²) < 4.78 is 5.69. The van der Waals surface area contributed by atoms with Crippen LogP contribution in [0.25, 0.3) is 0 Å². The van der Waals surface area contributed by atoms with Gasteiger partial charge in [-0.05, 0) is 92.6 Å². The summed E-state index contributed by atoms with van der Waals surface area (Å²) in [6.45, 7) is 3.77. The van der Waals surface area contributed by atoms with Crippen molar-refractivity contribution in [2.45, 2.75) is 50.2 Å². The summed E-state index contributed by atoms with van der Waals surface area (Å²) in [6, 6.07) is 23.2. The van der Waals surface area contributed by atoms with Gasteiger partial charge in [0.1, 0.15) is 17.1 Å². The summed E-state index contributed by atoms with van der Waals surface area (Å²) in [7, 11) is 0. The molecule has 5 aromatic rings. The lowest BCUT2D eigenvalue weighted by molar-refractivity contribution is -0.127. The quantitative estimate of drug-likeness (QED) is 0.0379. The Bertz CT molecular complexity index is 2660. The maximum atomic E-state index is 13.5. The SMILES string of the molecule is CC(=O)C(N=Nc1cc(C(=O)Nc2ccccc2CCl)ccc1Cl)C(=O)Nc1ccc(NC(=O)C(N=Nc2cc(C(=O)Nc3ccccc3CCl)ccc2Cl)C(C)=O)c(OC(C)Cl)c1. The molecule has 0 heterocycles. The van der Waals surface area contributed by atoms with Gasteiger partial charge in [0.2, 0.25) is 12.1 Å². The first-order valence-electron chi connectivity index (χ1n) is 19.0. The lowest BCUT2D eigenvalue weighted by atomic mass is 10.1. The number of carbonyl (C=O) groups excluding carboxylic acids is 6. The Morgan fingerprint density at radius 2 is 1.03 bits per heavy atom. The van der Waals surface area contributed by atoms with E-state index >= 15 is 0 Å². The van der Waals surface area contributed by atoms with E-state index in [9.17, 15) is 28.8 Å². The van der Waals surface area contributed by atoms with Crippen LogP contribution >= 0.6 is 58.0 Å². The standard InChI is InChI=1S/C44H37Cl5N8O7/c1-23(58)39(56-54-36-18-26(12-15-31(36)48)41(60)51-33-10-6-4-8-28(33)21-45)43(62)50-30-14-17-35(38(20-30)64-25(3)47)53-44(63)40(24(2)59)57-55-37-19-27(13-16-32(37)49)42(61)52-34-11-7-5-9-29(34)22-46/h4-20,25,39-40H,21-22H2,1-3H3,(H,50,62)(H,51,60)(H,52,61)(H,53,63). The maximum absolute atomic E-state index is 13.5. The molecule has 0 spiro atoms. The first-order chi connectivity index (χ1) is 30.6. The highest BCUT2D eigenvalue weighted by Gasteiger charge is 2.27. The van der Waals surface area contributed by atoms with Gasteiger partial charge in [-0.15, -0.1) is 23.2 Å². The molecule has 64 heavy (non-hydrogen) atoms. The summed E-state index contributed by atoms with van der Waals surface area (Å²) in [5, 5.41) is 26.8. The van der Waals surface area contributed by atoms with Gasteiger partial charge in [0.15, 0.2) is 17.1 Å². The van der Waals surface area contributed by atoms with Crippen LogP contribution in [0.3, 0.4) is 0 Å². The van der Waals surface area contributed by atoms with Crippen LogP contribution in [-0.4, -0.2) is 52.8 Å². The molecule has 4 N–H and O–H groups in total.